The minimum absolute atomic E-state index is 0.0475. The van der Waals surface area contributed by atoms with Crippen molar-refractivity contribution < 1.29 is 18.8 Å². The molecule has 0 saturated carbocycles. The molecule has 1 saturated heterocycles. The van der Waals surface area contributed by atoms with Crippen LogP contribution < -0.4 is 19.7 Å². The van der Waals surface area contributed by atoms with Crippen LogP contribution in [0.3, 0.4) is 0 Å². The number of hydrogen-bond acceptors (Lipinski definition) is 8. The van der Waals surface area contributed by atoms with Crippen molar-refractivity contribution in [2.45, 2.75) is 0 Å². The summed E-state index contributed by atoms with van der Waals surface area (Å²) in [5.74, 6) is 2.13. The third-order valence-corrected chi connectivity index (χ3v) is 8.18. The highest BCUT2D eigenvalue weighted by Gasteiger charge is 2.34. The van der Waals surface area contributed by atoms with Crippen molar-refractivity contribution in [3.63, 3.8) is 0 Å². The number of fused-ring (bicyclic) bond motifs is 2. The predicted octanol–water partition coefficient (Wildman–Crippen LogP) is 6.65. The summed E-state index contributed by atoms with van der Waals surface area (Å²) < 4.78 is 17.3. The first-order chi connectivity index (χ1) is 20.6. The largest absolute Gasteiger partial charge is 0.497 e. The maximum atomic E-state index is 13.9. The molecule has 1 fully saturated rings. The zero-order valence-corrected chi connectivity index (χ0v) is 23.9. The summed E-state index contributed by atoms with van der Waals surface area (Å²) in [5.41, 5.74) is 5.15. The average Bonchev–Trinajstić information content (AvgIpc) is 3.47. The SMILES string of the molecule is COc1cccc(Nc2cc(N3CCN(CCOc4ccc(Cl)cc4)CC3)c3noc4c3c2C(=O)c2ccccc2-4)c1. The fourth-order valence-electron chi connectivity index (χ4n) is 5.77. The first-order valence-corrected chi connectivity index (χ1v) is 14.3. The van der Waals surface area contributed by atoms with Gasteiger partial charge in [0.1, 0.15) is 23.6 Å². The molecular weight excluding hydrogens is 552 g/mol. The van der Waals surface area contributed by atoms with Gasteiger partial charge in [-0.05, 0) is 42.5 Å². The summed E-state index contributed by atoms with van der Waals surface area (Å²) in [6, 6.07) is 24.7. The molecule has 0 atom stereocenters. The lowest BCUT2D eigenvalue weighted by Gasteiger charge is -2.36. The maximum Gasteiger partial charge on any atom is 0.196 e. The normalized spacial score (nSPS) is 14.6. The fraction of sp³-hybridized carbons (Fsp3) is 0.212. The molecule has 42 heavy (non-hydrogen) atoms. The van der Waals surface area contributed by atoms with Gasteiger partial charge in [-0.3, -0.25) is 9.69 Å². The van der Waals surface area contributed by atoms with Gasteiger partial charge in [-0.15, -0.1) is 0 Å². The highest BCUT2D eigenvalue weighted by atomic mass is 35.5. The highest BCUT2D eigenvalue weighted by molar-refractivity contribution is 6.30. The van der Waals surface area contributed by atoms with Gasteiger partial charge in [0.2, 0.25) is 0 Å². The molecule has 0 bridgehead atoms. The van der Waals surface area contributed by atoms with Crippen molar-refractivity contribution in [3.8, 4) is 22.8 Å². The second kappa shape index (κ2) is 11.0. The van der Waals surface area contributed by atoms with Crippen LogP contribution in [0.5, 0.6) is 11.5 Å². The van der Waals surface area contributed by atoms with E-state index in [0.29, 0.717) is 39.7 Å². The van der Waals surface area contributed by atoms with Gasteiger partial charge in [-0.2, -0.15) is 0 Å². The van der Waals surface area contributed by atoms with Crippen LogP contribution in [0.1, 0.15) is 15.9 Å². The lowest BCUT2D eigenvalue weighted by atomic mass is 9.86. The second-order valence-electron chi connectivity index (χ2n) is 10.4. The van der Waals surface area contributed by atoms with Crippen molar-refractivity contribution in [1.29, 1.82) is 0 Å². The summed E-state index contributed by atoms with van der Waals surface area (Å²) in [7, 11) is 1.64. The zero-order valence-electron chi connectivity index (χ0n) is 23.1. The number of nitrogens with one attached hydrogen (secondary N) is 1. The van der Waals surface area contributed by atoms with Crippen molar-refractivity contribution in [3.05, 3.63) is 95.0 Å². The van der Waals surface area contributed by atoms with Crippen LogP contribution in [0.2, 0.25) is 5.02 Å². The molecule has 1 aromatic heterocycles. The molecule has 2 aliphatic rings. The monoisotopic (exact) mass is 580 g/mol. The smallest absolute Gasteiger partial charge is 0.196 e. The molecule has 0 amide bonds. The number of aromatic nitrogens is 1. The Bertz CT molecular complexity index is 1780. The number of hydrogen-bond donors (Lipinski definition) is 1. The summed E-state index contributed by atoms with van der Waals surface area (Å²) in [5, 5.41) is 9.47. The molecule has 8 nitrogen and oxygen atoms in total. The molecule has 212 valence electrons. The van der Waals surface area contributed by atoms with E-state index in [1.165, 1.54) is 0 Å². The van der Waals surface area contributed by atoms with Crippen LogP contribution in [0.15, 0.2) is 83.4 Å². The van der Waals surface area contributed by atoms with E-state index in [1.807, 2.05) is 78.9 Å². The Hall–Kier alpha value is -4.53. The number of carbonyl (C=O) groups excluding carboxylic acids is 1. The Labute approximate surface area is 248 Å². The van der Waals surface area contributed by atoms with Crippen LogP contribution in [0, 0.1) is 0 Å². The van der Waals surface area contributed by atoms with Crippen molar-refractivity contribution >= 4 is 45.3 Å². The third-order valence-electron chi connectivity index (χ3n) is 7.93. The molecule has 0 spiro atoms. The van der Waals surface area contributed by atoms with Gasteiger partial charge in [-0.1, -0.05) is 47.1 Å². The number of ether oxygens (including phenoxy) is 2. The molecule has 1 aliphatic carbocycles. The number of carbonyl (C=O) groups is 1. The molecule has 1 aliphatic heterocycles. The van der Waals surface area contributed by atoms with E-state index in [1.54, 1.807) is 7.11 Å². The molecule has 0 radical (unpaired) electrons. The lowest BCUT2D eigenvalue weighted by molar-refractivity contribution is 0.104. The lowest BCUT2D eigenvalue weighted by Crippen LogP contribution is -2.47. The van der Waals surface area contributed by atoms with E-state index >= 15 is 0 Å². The van der Waals surface area contributed by atoms with Gasteiger partial charge in [0.05, 0.1) is 29.4 Å². The number of halogens is 1. The summed E-state index contributed by atoms with van der Waals surface area (Å²) in [6.07, 6.45) is 0. The molecule has 9 heteroatoms. The minimum atomic E-state index is -0.0475. The van der Waals surface area contributed by atoms with Crippen LogP contribution in [0.4, 0.5) is 17.1 Å². The number of nitrogens with zero attached hydrogens (tertiary/aromatic N) is 3. The summed E-state index contributed by atoms with van der Waals surface area (Å²) in [6.45, 7) is 4.79. The highest BCUT2D eigenvalue weighted by Crippen LogP contribution is 2.46. The van der Waals surface area contributed by atoms with Gasteiger partial charge in [0, 0.05) is 60.6 Å². The number of anilines is 3. The number of benzene rings is 4. The first kappa shape index (κ1) is 26.4. The molecule has 1 N–H and O–H groups in total. The molecule has 4 aromatic carbocycles. The van der Waals surface area contributed by atoms with Gasteiger partial charge >= 0.3 is 0 Å². The average molecular weight is 581 g/mol. The number of methoxy groups -OCH3 is 1. The second-order valence-corrected chi connectivity index (χ2v) is 10.9. The van der Waals surface area contributed by atoms with Crippen LogP contribution >= 0.6 is 11.6 Å². The van der Waals surface area contributed by atoms with Crippen LogP contribution in [0.25, 0.3) is 22.2 Å². The predicted molar refractivity (Wildman–Crippen MR) is 165 cm³/mol. The zero-order chi connectivity index (χ0) is 28.6. The van der Waals surface area contributed by atoms with E-state index in [9.17, 15) is 4.79 Å². The molecule has 5 aromatic rings. The fourth-order valence-corrected chi connectivity index (χ4v) is 5.90. The van der Waals surface area contributed by atoms with E-state index in [0.717, 1.165) is 66.5 Å². The summed E-state index contributed by atoms with van der Waals surface area (Å²) >= 11 is 5.98. The van der Waals surface area contributed by atoms with Crippen molar-refractivity contribution in [2.24, 2.45) is 0 Å². The minimum Gasteiger partial charge on any atom is -0.497 e. The molecule has 2 heterocycles. The van der Waals surface area contributed by atoms with Crippen LogP contribution in [-0.2, 0) is 0 Å². The van der Waals surface area contributed by atoms with E-state index < -0.39 is 0 Å². The molecular formula is C33H29ClN4O4. The van der Waals surface area contributed by atoms with E-state index in [4.69, 9.17) is 25.6 Å². The standard InChI is InChI=1S/C33H29ClN4O4/c1-40-24-6-4-5-22(19-24)35-27-20-28(31-30-29(27)32(39)25-7-2-3-8-26(25)33(30)42-36-31)38-15-13-37(14-16-38)17-18-41-23-11-9-21(34)10-12-23/h2-12,19-20,35H,13-18H2,1H3. The third kappa shape index (κ3) is 4.82. The Morgan fingerprint density at radius 3 is 2.50 bits per heavy atom. The van der Waals surface area contributed by atoms with Gasteiger partial charge in [-0.25, -0.2) is 0 Å². The Morgan fingerprint density at radius 1 is 0.929 bits per heavy atom. The van der Waals surface area contributed by atoms with E-state index in [-0.39, 0.29) is 5.78 Å². The first-order valence-electron chi connectivity index (χ1n) is 14.0. The Morgan fingerprint density at radius 2 is 1.71 bits per heavy atom. The van der Waals surface area contributed by atoms with Crippen molar-refractivity contribution in [2.75, 3.05) is 56.7 Å². The number of ketones is 1. The van der Waals surface area contributed by atoms with E-state index in [2.05, 4.69) is 20.3 Å². The quantitative estimate of drug-likeness (QED) is 0.214. The van der Waals surface area contributed by atoms with Crippen molar-refractivity contribution in [1.82, 2.24) is 10.1 Å². The van der Waals surface area contributed by atoms with Gasteiger partial charge < -0.3 is 24.2 Å². The Kier molecular flexibility index (Phi) is 6.93. The topological polar surface area (TPSA) is 80.1 Å². The molecule has 0 unspecified atom stereocenters. The number of rotatable bonds is 8. The van der Waals surface area contributed by atoms with Crippen LogP contribution in [-0.4, -0.2) is 62.3 Å². The summed E-state index contributed by atoms with van der Waals surface area (Å²) in [4.78, 5) is 18.6. The molecule has 7 rings (SSSR count). The van der Waals surface area contributed by atoms with Gasteiger partial charge in [0.25, 0.3) is 0 Å². The van der Waals surface area contributed by atoms with Gasteiger partial charge in [0.15, 0.2) is 11.5 Å². The Balaban J connectivity index is 1.18. The number of piperazine rings is 1. The maximum absolute atomic E-state index is 13.9.